The van der Waals surface area contributed by atoms with Crippen LogP contribution in [0, 0.1) is 0 Å². The Balaban J connectivity index is 2.97. The van der Waals surface area contributed by atoms with Gasteiger partial charge in [-0.05, 0) is 12.8 Å². The van der Waals surface area contributed by atoms with Crippen LogP contribution in [0.2, 0.25) is 0 Å². The molecule has 1 rings (SSSR count). The predicted molar refractivity (Wildman–Crippen MR) is 80.5 cm³/mol. The number of halogens is 8. The molecule has 1 fully saturated rings. The molecule has 0 radical (unpaired) electrons. The summed E-state index contributed by atoms with van der Waals surface area (Å²) < 4.78 is 120. The SMILES string of the molecule is O=S(=O)(NC1CC(NS(=O)(=O)C(F)(F)F)C(I)CC1Cl)C(F)(F)F. The van der Waals surface area contributed by atoms with Crippen LogP contribution in [-0.4, -0.2) is 49.2 Å². The summed E-state index contributed by atoms with van der Waals surface area (Å²) in [6.07, 6.45) is -0.884. The van der Waals surface area contributed by atoms with E-state index in [9.17, 15) is 43.2 Å². The molecule has 0 aromatic carbocycles. The smallest absolute Gasteiger partial charge is 0.203 e. The Kier molecular flexibility index (Phi) is 6.74. The molecule has 0 heterocycles. The fourth-order valence-electron chi connectivity index (χ4n) is 1.89. The summed E-state index contributed by atoms with van der Waals surface area (Å²) in [7, 11) is -11.5. The van der Waals surface area contributed by atoms with Gasteiger partial charge in [-0.1, -0.05) is 22.6 Å². The first-order chi connectivity index (χ1) is 10.5. The fourth-order valence-corrected chi connectivity index (χ4v) is 5.47. The molecule has 1 saturated carbocycles. The maximum Gasteiger partial charge on any atom is 0.511 e. The first-order valence-corrected chi connectivity index (χ1v) is 10.6. The highest BCUT2D eigenvalue weighted by Crippen LogP contribution is 2.33. The van der Waals surface area contributed by atoms with Crippen molar-refractivity contribution in [2.75, 3.05) is 0 Å². The van der Waals surface area contributed by atoms with Crippen LogP contribution in [0.3, 0.4) is 0 Å². The molecule has 0 bridgehead atoms. The topological polar surface area (TPSA) is 92.3 Å². The molecule has 0 aromatic rings. The van der Waals surface area contributed by atoms with Crippen molar-refractivity contribution < 1.29 is 43.2 Å². The minimum Gasteiger partial charge on any atom is -0.203 e. The summed E-state index contributed by atoms with van der Waals surface area (Å²) in [5.74, 6) is 0. The predicted octanol–water partition coefficient (Wildman–Crippen LogP) is 1.81. The van der Waals surface area contributed by atoms with Crippen LogP contribution in [0.4, 0.5) is 26.3 Å². The van der Waals surface area contributed by atoms with E-state index in [1.54, 1.807) is 22.6 Å². The third kappa shape index (κ3) is 5.21. The van der Waals surface area contributed by atoms with Gasteiger partial charge in [-0.3, -0.25) is 0 Å². The normalized spacial score (nSPS) is 30.3. The van der Waals surface area contributed by atoms with Crippen LogP contribution in [0.1, 0.15) is 12.8 Å². The Morgan fingerprint density at radius 1 is 0.833 bits per heavy atom. The maximum atomic E-state index is 12.4. The van der Waals surface area contributed by atoms with Gasteiger partial charge in [-0.25, -0.2) is 26.3 Å². The van der Waals surface area contributed by atoms with Gasteiger partial charge in [0.1, 0.15) is 0 Å². The van der Waals surface area contributed by atoms with E-state index >= 15 is 0 Å². The molecule has 144 valence electrons. The summed E-state index contributed by atoms with van der Waals surface area (Å²) in [6, 6.07) is -3.04. The van der Waals surface area contributed by atoms with Crippen molar-refractivity contribution in [2.45, 2.75) is 45.2 Å². The van der Waals surface area contributed by atoms with E-state index in [2.05, 4.69) is 0 Å². The average Bonchev–Trinajstić information content (AvgIpc) is 2.31. The van der Waals surface area contributed by atoms with Gasteiger partial charge in [-0.2, -0.15) is 26.3 Å². The van der Waals surface area contributed by atoms with Gasteiger partial charge in [0, 0.05) is 16.0 Å². The molecule has 4 unspecified atom stereocenters. The van der Waals surface area contributed by atoms with Crippen LogP contribution in [-0.2, 0) is 20.0 Å². The first-order valence-electron chi connectivity index (χ1n) is 5.93. The quantitative estimate of drug-likeness (QED) is 0.325. The molecular formula is C8H10ClF6IN2O4S2. The lowest BCUT2D eigenvalue weighted by Crippen LogP contribution is -2.57. The standard InChI is InChI=1S/C8H10ClF6IN2O4S2/c9-3-1-4(16)6(18-24(21,22)8(13,14)15)2-5(3)17-23(19,20)7(10,11)12/h3-6,17-18H,1-2H2. The molecule has 0 aliphatic heterocycles. The average molecular weight is 539 g/mol. The van der Waals surface area contributed by atoms with Crippen molar-refractivity contribution in [1.29, 1.82) is 0 Å². The number of sulfonamides is 2. The van der Waals surface area contributed by atoms with Gasteiger partial charge < -0.3 is 0 Å². The van der Waals surface area contributed by atoms with E-state index in [1.165, 1.54) is 9.44 Å². The van der Waals surface area contributed by atoms with Gasteiger partial charge in [0.2, 0.25) is 0 Å². The van der Waals surface area contributed by atoms with Gasteiger partial charge in [0.25, 0.3) is 0 Å². The van der Waals surface area contributed by atoms with Crippen LogP contribution in [0.5, 0.6) is 0 Å². The molecular weight excluding hydrogens is 529 g/mol. The Morgan fingerprint density at radius 3 is 1.58 bits per heavy atom. The monoisotopic (exact) mass is 538 g/mol. The largest absolute Gasteiger partial charge is 0.511 e. The molecule has 1 aliphatic rings. The molecule has 24 heavy (non-hydrogen) atoms. The molecule has 16 heteroatoms. The fraction of sp³-hybridized carbons (Fsp3) is 1.00. The Hall–Kier alpha value is 0.420. The maximum absolute atomic E-state index is 12.4. The summed E-state index contributed by atoms with van der Waals surface area (Å²) in [5, 5.41) is -1.16. The molecule has 0 amide bonds. The summed E-state index contributed by atoms with van der Waals surface area (Å²) in [5.41, 5.74) is -11.2. The number of alkyl halides is 8. The van der Waals surface area contributed by atoms with Gasteiger partial charge >= 0.3 is 31.1 Å². The van der Waals surface area contributed by atoms with Crippen LogP contribution in [0.15, 0.2) is 0 Å². The second-order valence-electron chi connectivity index (χ2n) is 4.85. The van der Waals surface area contributed by atoms with Crippen LogP contribution < -0.4 is 9.44 Å². The second-order valence-corrected chi connectivity index (χ2v) is 10.4. The summed E-state index contributed by atoms with van der Waals surface area (Å²) >= 11 is 7.35. The highest BCUT2D eigenvalue weighted by Gasteiger charge is 2.51. The molecule has 4 atom stereocenters. The zero-order valence-corrected chi connectivity index (χ0v) is 15.7. The molecule has 0 aromatic heterocycles. The number of hydrogen-bond acceptors (Lipinski definition) is 4. The Labute approximate surface area is 151 Å². The number of nitrogens with one attached hydrogen (secondary N) is 2. The van der Waals surface area contributed by atoms with Crippen molar-refractivity contribution in [3.05, 3.63) is 0 Å². The minimum absolute atomic E-state index is 0.210. The lowest BCUT2D eigenvalue weighted by Gasteiger charge is -2.37. The van der Waals surface area contributed by atoms with Crippen molar-refractivity contribution >= 4 is 54.2 Å². The summed E-state index contributed by atoms with van der Waals surface area (Å²) in [6.45, 7) is 0. The van der Waals surface area contributed by atoms with Crippen molar-refractivity contribution in [2.24, 2.45) is 0 Å². The third-order valence-corrected chi connectivity index (χ3v) is 7.36. The lowest BCUT2D eigenvalue weighted by atomic mass is 9.92. The van der Waals surface area contributed by atoms with E-state index in [1.807, 2.05) is 0 Å². The lowest BCUT2D eigenvalue weighted by molar-refractivity contribution is -0.0453. The van der Waals surface area contributed by atoms with E-state index < -0.39 is 58.9 Å². The second kappa shape index (κ2) is 7.21. The summed E-state index contributed by atoms with van der Waals surface area (Å²) in [4.78, 5) is 0. The van der Waals surface area contributed by atoms with E-state index in [4.69, 9.17) is 11.6 Å². The first kappa shape index (κ1) is 22.5. The highest BCUT2D eigenvalue weighted by molar-refractivity contribution is 14.1. The molecule has 2 N–H and O–H groups in total. The molecule has 0 saturated heterocycles. The van der Waals surface area contributed by atoms with Crippen molar-refractivity contribution in [1.82, 2.24) is 9.44 Å². The van der Waals surface area contributed by atoms with E-state index in [0.29, 0.717) is 0 Å². The zero-order valence-electron chi connectivity index (χ0n) is 11.2. The molecule has 0 spiro atoms. The zero-order chi connectivity index (χ0) is 19.1. The van der Waals surface area contributed by atoms with Gasteiger partial charge in [-0.15, -0.1) is 11.6 Å². The number of hydrogen-bond donors (Lipinski definition) is 2. The van der Waals surface area contributed by atoms with Crippen LogP contribution >= 0.6 is 34.2 Å². The van der Waals surface area contributed by atoms with E-state index in [-0.39, 0.29) is 6.42 Å². The van der Waals surface area contributed by atoms with Crippen LogP contribution in [0.25, 0.3) is 0 Å². The Bertz CT molecular complexity index is 611. The third-order valence-electron chi connectivity index (χ3n) is 3.05. The van der Waals surface area contributed by atoms with E-state index in [0.717, 1.165) is 0 Å². The van der Waals surface area contributed by atoms with Crippen molar-refractivity contribution in [3.8, 4) is 0 Å². The molecule has 6 nitrogen and oxygen atoms in total. The number of rotatable bonds is 4. The van der Waals surface area contributed by atoms with Gasteiger partial charge in [0.05, 0.1) is 5.38 Å². The minimum atomic E-state index is -5.78. The molecule has 1 aliphatic carbocycles. The van der Waals surface area contributed by atoms with Crippen molar-refractivity contribution in [3.63, 3.8) is 0 Å². The van der Waals surface area contributed by atoms with Gasteiger partial charge in [0.15, 0.2) is 0 Å². The Morgan fingerprint density at radius 2 is 1.21 bits per heavy atom. The highest BCUT2D eigenvalue weighted by atomic mass is 127.